The molecular formula is C14H16IN5S. The van der Waals surface area contributed by atoms with E-state index in [2.05, 4.69) is 38.8 Å². The molecule has 1 aliphatic heterocycles. The molecule has 7 heteroatoms. The highest BCUT2D eigenvalue weighted by Crippen LogP contribution is 2.31. The number of nitrogens with zero attached hydrogens (tertiary/aromatic N) is 5. The van der Waals surface area contributed by atoms with Crippen LogP contribution in [-0.4, -0.2) is 27.2 Å². The van der Waals surface area contributed by atoms with Gasteiger partial charge in [-0.25, -0.2) is 0 Å². The van der Waals surface area contributed by atoms with E-state index in [1.54, 1.807) is 11.8 Å². The van der Waals surface area contributed by atoms with Crippen LogP contribution in [-0.2, 0) is 0 Å². The van der Waals surface area contributed by atoms with E-state index in [-0.39, 0.29) is 21.0 Å². The summed E-state index contributed by atoms with van der Waals surface area (Å²) in [5.41, 5.74) is 3.41. The molecule has 1 aromatic carbocycles. The number of rotatable bonds is 3. The Kier molecular flexibility index (Phi) is 5.36. The Bertz CT molecular complexity index is 672. The first-order chi connectivity index (χ1) is 10.0. The number of halogens is 1. The number of thioether (sulfide) groups is 1. The van der Waals surface area contributed by atoms with E-state index in [1.807, 2.05) is 37.2 Å². The Morgan fingerprint density at radius 3 is 2.71 bits per heavy atom. The molecule has 0 radical (unpaired) electrons. The molecule has 0 aliphatic carbocycles. The van der Waals surface area contributed by atoms with Gasteiger partial charge in [0.1, 0.15) is 11.8 Å². The lowest BCUT2D eigenvalue weighted by atomic mass is 10.1. The predicted molar refractivity (Wildman–Crippen MR) is 98.1 cm³/mol. The van der Waals surface area contributed by atoms with Crippen molar-refractivity contribution in [3.05, 3.63) is 34.9 Å². The maximum atomic E-state index is 9.25. The molecule has 0 bridgehead atoms. The van der Waals surface area contributed by atoms with E-state index in [0.717, 1.165) is 8.65 Å². The smallest absolute Gasteiger partial charge is 0.172 e. The second-order valence-electron chi connectivity index (χ2n) is 4.60. The summed E-state index contributed by atoms with van der Waals surface area (Å²) in [6.45, 7) is 2.09. The number of hydrogen-bond donors (Lipinski definition) is 0. The molecule has 110 valence electrons. The molecule has 0 N–H and O–H groups in total. The molecule has 5 nitrogen and oxygen atoms in total. The largest absolute Gasteiger partial charge is 0.378 e. The molecule has 1 aromatic rings. The zero-order valence-electron chi connectivity index (χ0n) is 12.3. The number of anilines is 1. The molecule has 2 rings (SSSR count). The predicted octanol–water partition coefficient (Wildman–Crippen LogP) is 4.22. The standard InChI is InChI=1S/C14H16IN5S/c1-10-9-21-14(15-20(10)4)18-17-13-6-5-12(19(2)3)7-11(13)8-16/h5-7,9H,1-4H3. The number of benzene rings is 1. The Hall–Kier alpha value is -1.40. The van der Waals surface area contributed by atoms with Crippen LogP contribution in [0.15, 0.2) is 39.5 Å². The van der Waals surface area contributed by atoms with E-state index in [0.29, 0.717) is 11.3 Å². The minimum absolute atomic E-state index is 0.291. The van der Waals surface area contributed by atoms with Crippen molar-refractivity contribution >= 4 is 47.1 Å². The van der Waals surface area contributed by atoms with Gasteiger partial charge in [0.25, 0.3) is 0 Å². The van der Waals surface area contributed by atoms with Gasteiger partial charge in [0.15, 0.2) is 2.96 Å². The summed E-state index contributed by atoms with van der Waals surface area (Å²) < 4.78 is 3.26. The third-order valence-corrected chi connectivity index (χ3v) is 6.94. The molecule has 1 aliphatic rings. The van der Waals surface area contributed by atoms with Crippen LogP contribution >= 0.6 is 32.8 Å². The van der Waals surface area contributed by atoms with Crippen LogP contribution in [0.4, 0.5) is 11.4 Å². The lowest BCUT2D eigenvalue weighted by molar-refractivity contribution is 0.759. The first-order valence-corrected chi connectivity index (χ1v) is 9.16. The lowest BCUT2D eigenvalue weighted by Gasteiger charge is -2.17. The molecule has 0 atom stereocenters. The van der Waals surface area contributed by atoms with Crippen LogP contribution in [0.3, 0.4) is 0 Å². The molecule has 1 heterocycles. The molecule has 0 amide bonds. The summed E-state index contributed by atoms with van der Waals surface area (Å²) in [5.74, 6) is 0. The maximum Gasteiger partial charge on any atom is 0.172 e. The van der Waals surface area contributed by atoms with Crippen molar-refractivity contribution in [1.82, 2.24) is 3.11 Å². The molecule has 0 saturated carbocycles. The van der Waals surface area contributed by atoms with Crippen molar-refractivity contribution in [2.75, 3.05) is 26.0 Å². The number of hydrogen-bond acceptors (Lipinski definition) is 6. The van der Waals surface area contributed by atoms with Crippen LogP contribution in [0, 0.1) is 11.3 Å². The second kappa shape index (κ2) is 7.04. The van der Waals surface area contributed by atoms with Gasteiger partial charge in [-0.2, -0.15) is 5.26 Å². The fourth-order valence-corrected chi connectivity index (χ4v) is 5.02. The van der Waals surface area contributed by atoms with Crippen molar-refractivity contribution in [3.63, 3.8) is 0 Å². The normalized spacial score (nSPS) is 15.1. The van der Waals surface area contributed by atoms with Gasteiger partial charge in [-0.1, -0.05) is 11.8 Å². The third kappa shape index (κ3) is 4.04. The van der Waals surface area contributed by atoms with Gasteiger partial charge < -0.3 is 8.01 Å². The van der Waals surface area contributed by atoms with Gasteiger partial charge in [-0.3, -0.25) is 0 Å². The van der Waals surface area contributed by atoms with E-state index in [1.165, 1.54) is 5.70 Å². The molecular weight excluding hydrogens is 397 g/mol. The minimum Gasteiger partial charge on any atom is -0.378 e. The second-order valence-corrected chi connectivity index (χ2v) is 9.14. The third-order valence-electron chi connectivity index (χ3n) is 2.87. The Morgan fingerprint density at radius 2 is 2.10 bits per heavy atom. The molecule has 21 heavy (non-hydrogen) atoms. The zero-order chi connectivity index (χ0) is 15.4. The average molecular weight is 413 g/mol. The number of azo groups is 1. The van der Waals surface area contributed by atoms with Gasteiger partial charge >= 0.3 is 0 Å². The zero-order valence-corrected chi connectivity index (χ0v) is 15.3. The van der Waals surface area contributed by atoms with Crippen LogP contribution in [0.2, 0.25) is 0 Å². The lowest BCUT2D eigenvalue weighted by Crippen LogP contribution is -2.08. The van der Waals surface area contributed by atoms with Gasteiger partial charge in [-0.15, -0.1) is 10.2 Å². The molecule has 0 spiro atoms. The maximum absolute atomic E-state index is 9.25. The summed E-state index contributed by atoms with van der Waals surface area (Å²) in [6.07, 6.45) is 0. The molecule has 0 fully saturated rings. The number of nitriles is 1. The highest BCUT2D eigenvalue weighted by molar-refractivity contribution is 14.2. The van der Waals surface area contributed by atoms with Gasteiger partial charge in [0.2, 0.25) is 0 Å². The summed E-state index contributed by atoms with van der Waals surface area (Å²) >= 11 is 1.34. The van der Waals surface area contributed by atoms with Crippen molar-refractivity contribution in [1.29, 1.82) is 5.26 Å². The topological polar surface area (TPSA) is 55.0 Å². The summed E-state index contributed by atoms with van der Waals surface area (Å²) in [7, 11) is 5.96. The highest BCUT2D eigenvalue weighted by Gasteiger charge is 2.09. The summed E-state index contributed by atoms with van der Waals surface area (Å²) in [5, 5.41) is 19.9. The van der Waals surface area contributed by atoms with Crippen LogP contribution in [0.25, 0.3) is 0 Å². The fraction of sp³-hybridized carbons (Fsp3) is 0.286. The molecule has 0 unspecified atom stereocenters. The average Bonchev–Trinajstić information content (AvgIpc) is 2.48. The van der Waals surface area contributed by atoms with E-state index < -0.39 is 0 Å². The molecule has 0 aromatic heterocycles. The monoisotopic (exact) mass is 413 g/mol. The van der Waals surface area contributed by atoms with Crippen molar-refractivity contribution < 1.29 is 0 Å². The van der Waals surface area contributed by atoms with Crippen LogP contribution in [0.5, 0.6) is 0 Å². The van der Waals surface area contributed by atoms with Gasteiger partial charge in [-0.05, 0) is 30.5 Å². The van der Waals surface area contributed by atoms with Gasteiger partial charge in [0, 0.05) is 53.5 Å². The Morgan fingerprint density at radius 1 is 1.33 bits per heavy atom. The molecule has 0 saturated heterocycles. The Labute approximate surface area is 139 Å². The van der Waals surface area contributed by atoms with Gasteiger partial charge in [0.05, 0.1) is 5.56 Å². The van der Waals surface area contributed by atoms with Crippen molar-refractivity contribution in [3.8, 4) is 6.07 Å². The quantitative estimate of drug-likeness (QED) is 0.423. The van der Waals surface area contributed by atoms with E-state index in [4.69, 9.17) is 0 Å². The van der Waals surface area contributed by atoms with Crippen molar-refractivity contribution in [2.45, 2.75) is 6.92 Å². The van der Waals surface area contributed by atoms with E-state index >= 15 is 0 Å². The first kappa shape index (κ1) is 16.0. The van der Waals surface area contributed by atoms with Crippen LogP contribution < -0.4 is 4.90 Å². The SMILES string of the molecule is CC1=CSC(N=Nc2ccc(N(C)C)cc2C#N)=IN1C. The summed E-state index contributed by atoms with van der Waals surface area (Å²) in [6, 6.07) is 7.80. The van der Waals surface area contributed by atoms with Crippen molar-refractivity contribution in [2.24, 2.45) is 10.2 Å². The Balaban J connectivity index is 2.22. The minimum atomic E-state index is -0.291. The fourth-order valence-electron chi connectivity index (χ4n) is 1.51. The highest BCUT2D eigenvalue weighted by atomic mass is 127. The number of allylic oxidation sites excluding steroid dienone is 1. The summed E-state index contributed by atoms with van der Waals surface area (Å²) in [4.78, 5) is 1.96. The van der Waals surface area contributed by atoms with E-state index in [9.17, 15) is 5.26 Å². The first-order valence-electron chi connectivity index (χ1n) is 6.23. The van der Waals surface area contributed by atoms with Crippen LogP contribution in [0.1, 0.15) is 12.5 Å².